The number of halogens is 1. The van der Waals surface area contributed by atoms with Crippen LogP contribution in [0.2, 0.25) is 0 Å². The zero-order valence-corrected chi connectivity index (χ0v) is 13.3. The van der Waals surface area contributed by atoms with E-state index in [0.29, 0.717) is 5.88 Å². The Balaban J connectivity index is 2.04. The number of benzene rings is 1. The largest absolute Gasteiger partial charge is 0.340 e. The average molecular weight is 295 g/mol. The van der Waals surface area contributed by atoms with Crippen LogP contribution in [0.3, 0.4) is 0 Å². The standard InChI is InChI=1S/C16H23ClN2O/c1-18(2)16(9-4-10-16)12-19(3)15(20)14-7-5-13(11-17)6-8-14/h5-8H,4,9-12H2,1-3H3. The Morgan fingerprint density at radius 3 is 2.20 bits per heavy atom. The van der Waals surface area contributed by atoms with Crippen LogP contribution in [0.15, 0.2) is 24.3 Å². The molecule has 0 saturated heterocycles. The molecule has 4 heteroatoms. The molecule has 1 aromatic carbocycles. The Morgan fingerprint density at radius 2 is 1.80 bits per heavy atom. The zero-order chi connectivity index (χ0) is 14.8. The van der Waals surface area contributed by atoms with E-state index in [4.69, 9.17) is 11.6 Å². The number of hydrogen-bond acceptors (Lipinski definition) is 2. The van der Waals surface area contributed by atoms with Gasteiger partial charge in [0.25, 0.3) is 5.91 Å². The van der Waals surface area contributed by atoms with Gasteiger partial charge in [-0.1, -0.05) is 12.1 Å². The molecule has 1 amide bonds. The van der Waals surface area contributed by atoms with Crippen molar-refractivity contribution in [2.24, 2.45) is 0 Å². The summed E-state index contributed by atoms with van der Waals surface area (Å²) in [6.45, 7) is 0.788. The second-order valence-electron chi connectivity index (χ2n) is 5.96. The van der Waals surface area contributed by atoms with Gasteiger partial charge in [-0.2, -0.15) is 0 Å². The minimum Gasteiger partial charge on any atom is -0.340 e. The molecule has 0 bridgehead atoms. The van der Waals surface area contributed by atoms with Gasteiger partial charge in [-0.3, -0.25) is 4.79 Å². The van der Waals surface area contributed by atoms with Crippen LogP contribution < -0.4 is 0 Å². The van der Waals surface area contributed by atoms with Gasteiger partial charge in [-0.15, -0.1) is 11.6 Å². The predicted molar refractivity (Wildman–Crippen MR) is 83.2 cm³/mol. The lowest BCUT2D eigenvalue weighted by atomic mass is 9.75. The molecule has 3 nitrogen and oxygen atoms in total. The van der Waals surface area contributed by atoms with E-state index in [1.807, 2.05) is 36.2 Å². The maximum atomic E-state index is 12.5. The summed E-state index contributed by atoms with van der Waals surface area (Å²) in [6, 6.07) is 7.55. The van der Waals surface area contributed by atoms with Crippen LogP contribution in [0.5, 0.6) is 0 Å². The van der Waals surface area contributed by atoms with Gasteiger partial charge in [0.05, 0.1) is 0 Å². The lowest BCUT2D eigenvalue weighted by molar-refractivity contribution is 0.0252. The third-order valence-electron chi connectivity index (χ3n) is 4.47. The Kier molecular flexibility index (Phi) is 4.71. The van der Waals surface area contributed by atoms with Gasteiger partial charge in [-0.25, -0.2) is 0 Å². The maximum Gasteiger partial charge on any atom is 0.253 e. The molecule has 1 aliphatic rings. The predicted octanol–water partition coefficient (Wildman–Crippen LogP) is 2.98. The summed E-state index contributed by atoms with van der Waals surface area (Å²) in [6.07, 6.45) is 3.59. The molecule has 2 rings (SSSR count). The highest BCUT2D eigenvalue weighted by Gasteiger charge is 2.40. The fourth-order valence-corrected chi connectivity index (χ4v) is 2.98. The number of amides is 1. The normalized spacial score (nSPS) is 16.9. The van der Waals surface area contributed by atoms with Crippen LogP contribution >= 0.6 is 11.6 Å². The molecule has 0 aliphatic heterocycles. The van der Waals surface area contributed by atoms with E-state index in [-0.39, 0.29) is 11.4 Å². The highest BCUT2D eigenvalue weighted by atomic mass is 35.5. The molecule has 0 radical (unpaired) electrons. The van der Waals surface area contributed by atoms with Crippen molar-refractivity contribution < 1.29 is 4.79 Å². The van der Waals surface area contributed by atoms with E-state index in [1.165, 1.54) is 19.3 Å². The number of carbonyl (C=O) groups excluding carboxylic acids is 1. The number of alkyl halides is 1. The number of likely N-dealkylation sites (N-methyl/N-ethyl adjacent to an activating group) is 2. The molecule has 1 fully saturated rings. The van der Waals surface area contributed by atoms with Gasteiger partial charge in [0.15, 0.2) is 0 Å². The Labute approximate surface area is 126 Å². The average Bonchev–Trinajstić information content (AvgIpc) is 2.41. The first-order chi connectivity index (χ1) is 9.48. The van der Waals surface area contributed by atoms with Crippen LogP contribution in [0.1, 0.15) is 35.2 Å². The molecule has 110 valence electrons. The molecule has 0 spiro atoms. The van der Waals surface area contributed by atoms with Crippen LogP contribution in [-0.2, 0) is 5.88 Å². The minimum absolute atomic E-state index is 0.0826. The number of nitrogens with zero attached hydrogens (tertiary/aromatic N) is 2. The van der Waals surface area contributed by atoms with Gasteiger partial charge in [-0.05, 0) is 51.1 Å². The van der Waals surface area contributed by atoms with Crippen molar-refractivity contribution in [2.45, 2.75) is 30.7 Å². The maximum absolute atomic E-state index is 12.5. The topological polar surface area (TPSA) is 23.6 Å². The first-order valence-corrected chi connectivity index (χ1v) is 7.60. The van der Waals surface area contributed by atoms with E-state index >= 15 is 0 Å². The van der Waals surface area contributed by atoms with Crippen LogP contribution in [0.25, 0.3) is 0 Å². The lowest BCUT2D eigenvalue weighted by Gasteiger charge is -2.49. The molecular formula is C16H23ClN2O. The van der Waals surface area contributed by atoms with Gasteiger partial charge < -0.3 is 9.80 Å². The van der Waals surface area contributed by atoms with Crippen LogP contribution in [0.4, 0.5) is 0 Å². The highest BCUT2D eigenvalue weighted by Crippen LogP contribution is 2.36. The first-order valence-electron chi connectivity index (χ1n) is 7.06. The minimum atomic E-state index is 0.0826. The summed E-state index contributed by atoms with van der Waals surface area (Å²) in [7, 11) is 6.10. The SMILES string of the molecule is CN(CC1(N(C)C)CCC1)C(=O)c1ccc(CCl)cc1. The van der Waals surface area contributed by atoms with Crippen molar-refractivity contribution >= 4 is 17.5 Å². The van der Waals surface area contributed by atoms with Gasteiger partial charge in [0.2, 0.25) is 0 Å². The van der Waals surface area contributed by atoms with Crippen molar-refractivity contribution in [3.05, 3.63) is 35.4 Å². The number of hydrogen-bond donors (Lipinski definition) is 0. The first kappa shape index (κ1) is 15.3. The van der Waals surface area contributed by atoms with Crippen molar-refractivity contribution in [1.82, 2.24) is 9.80 Å². The molecule has 1 saturated carbocycles. The summed E-state index contributed by atoms with van der Waals surface area (Å²) in [5.41, 5.74) is 1.93. The molecule has 0 heterocycles. The zero-order valence-electron chi connectivity index (χ0n) is 12.5. The fourth-order valence-electron chi connectivity index (χ4n) is 2.80. The molecular weight excluding hydrogens is 272 g/mol. The summed E-state index contributed by atoms with van der Waals surface area (Å²) < 4.78 is 0. The molecule has 0 aromatic heterocycles. The second-order valence-corrected chi connectivity index (χ2v) is 6.23. The fraction of sp³-hybridized carbons (Fsp3) is 0.562. The quantitative estimate of drug-likeness (QED) is 0.780. The molecule has 0 atom stereocenters. The van der Waals surface area contributed by atoms with Crippen LogP contribution in [-0.4, -0.2) is 48.9 Å². The van der Waals surface area contributed by atoms with E-state index in [2.05, 4.69) is 19.0 Å². The number of rotatable bonds is 5. The number of carbonyl (C=O) groups is 1. The van der Waals surface area contributed by atoms with E-state index in [0.717, 1.165) is 17.7 Å². The summed E-state index contributed by atoms with van der Waals surface area (Å²) in [5.74, 6) is 0.563. The Morgan fingerprint density at radius 1 is 1.20 bits per heavy atom. The van der Waals surface area contributed by atoms with E-state index in [9.17, 15) is 4.79 Å². The second kappa shape index (κ2) is 6.15. The Bertz CT molecular complexity index is 466. The van der Waals surface area contributed by atoms with Gasteiger partial charge in [0, 0.05) is 30.6 Å². The third kappa shape index (κ3) is 2.99. The molecule has 1 aliphatic carbocycles. The van der Waals surface area contributed by atoms with Gasteiger partial charge >= 0.3 is 0 Å². The smallest absolute Gasteiger partial charge is 0.253 e. The lowest BCUT2D eigenvalue weighted by Crippen LogP contribution is -2.57. The third-order valence-corrected chi connectivity index (χ3v) is 4.77. The van der Waals surface area contributed by atoms with E-state index in [1.54, 1.807) is 0 Å². The van der Waals surface area contributed by atoms with Gasteiger partial charge in [0.1, 0.15) is 0 Å². The van der Waals surface area contributed by atoms with Crippen molar-refractivity contribution in [3.63, 3.8) is 0 Å². The summed E-state index contributed by atoms with van der Waals surface area (Å²) in [4.78, 5) is 16.6. The van der Waals surface area contributed by atoms with E-state index < -0.39 is 0 Å². The molecule has 20 heavy (non-hydrogen) atoms. The monoisotopic (exact) mass is 294 g/mol. The van der Waals surface area contributed by atoms with Crippen molar-refractivity contribution in [3.8, 4) is 0 Å². The molecule has 0 unspecified atom stereocenters. The Hall–Kier alpha value is -1.06. The van der Waals surface area contributed by atoms with Crippen LogP contribution in [0, 0.1) is 0 Å². The summed E-state index contributed by atoms with van der Waals surface area (Å²) >= 11 is 5.77. The molecule has 0 N–H and O–H groups in total. The highest BCUT2D eigenvalue weighted by molar-refractivity contribution is 6.17. The van der Waals surface area contributed by atoms with Crippen molar-refractivity contribution in [1.29, 1.82) is 0 Å². The van der Waals surface area contributed by atoms with Crippen molar-refractivity contribution in [2.75, 3.05) is 27.7 Å². The summed E-state index contributed by atoms with van der Waals surface area (Å²) in [5, 5.41) is 0. The molecule has 1 aromatic rings.